The Balaban J connectivity index is 2.79. The van der Waals surface area contributed by atoms with E-state index in [9.17, 15) is 14.7 Å². The molecule has 0 aliphatic carbocycles. The first-order chi connectivity index (χ1) is 8.25. The molecule has 0 aromatic rings. The monoisotopic (exact) mass is 257 g/mol. The first-order valence-corrected chi connectivity index (χ1v) is 6.32. The van der Waals surface area contributed by atoms with Crippen molar-refractivity contribution >= 4 is 11.9 Å². The van der Waals surface area contributed by atoms with E-state index in [2.05, 4.69) is 0 Å². The summed E-state index contributed by atoms with van der Waals surface area (Å²) in [6.45, 7) is 6.61. The molecule has 5 nitrogen and oxygen atoms in total. The third-order valence-corrected chi connectivity index (χ3v) is 3.45. The summed E-state index contributed by atoms with van der Waals surface area (Å²) >= 11 is 0. The number of carboxylic acids is 1. The van der Waals surface area contributed by atoms with Crippen LogP contribution in [0.3, 0.4) is 0 Å². The van der Waals surface area contributed by atoms with Gasteiger partial charge in [0.05, 0.1) is 0 Å². The van der Waals surface area contributed by atoms with Gasteiger partial charge < -0.3 is 14.7 Å². The fourth-order valence-corrected chi connectivity index (χ4v) is 2.30. The largest absolute Gasteiger partial charge is 0.481 e. The van der Waals surface area contributed by atoms with Gasteiger partial charge in [-0.15, -0.1) is 0 Å². The van der Waals surface area contributed by atoms with Crippen LogP contribution < -0.4 is 0 Å². The van der Waals surface area contributed by atoms with E-state index in [1.54, 1.807) is 32.7 Å². The smallest absolute Gasteiger partial charge is 0.316 e. The summed E-state index contributed by atoms with van der Waals surface area (Å²) in [6, 6.07) is 0.0930. The predicted molar refractivity (Wildman–Crippen MR) is 67.2 cm³/mol. The van der Waals surface area contributed by atoms with E-state index < -0.39 is 17.3 Å². The lowest BCUT2D eigenvalue weighted by Crippen LogP contribution is -2.48. The SMILES string of the molecule is CN(C(=O)C(C(=O)O)C(C)(C)C)C1CCOCC1. The van der Waals surface area contributed by atoms with Gasteiger partial charge in [-0.25, -0.2) is 0 Å². The van der Waals surface area contributed by atoms with E-state index in [0.29, 0.717) is 13.2 Å². The maximum atomic E-state index is 12.3. The van der Waals surface area contributed by atoms with Crippen LogP contribution in [0.5, 0.6) is 0 Å². The van der Waals surface area contributed by atoms with Gasteiger partial charge in [0.15, 0.2) is 0 Å². The van der Waals surface area contributed by atoms with Gasteiger partial charge in [-0.3, -0.25) is 9.59 Å². The van der Waals surface area contributed by atoms with Crippen molar-refractivity contribution < 1.29 is 19.4 Å². The molecule has 18 heavy (non-hydrogen) atoms. The van der Waals surface area contributed by atoms with Gasteiger partial charge >= 0.3 is 5.97 Å². The summed E-state index contributed by atoms with van der Waals surface area (Å²) in [5.41, 5.74) is -0.581. The van der Waals surface area contributed by atoms with Crippen molar-refractivity contribution in [2.45, 2.75) is 39.7 Å². The van der Waals surface area contributed by atoms with Crippen LogP contribution in [-0.2, 0) is 14.3 Å². The van der Waals surface area contributed by atoms with E-state index in [0.717, 1.165) is 12.8 Å². The zero-order valence-corrected chi connectivity index (χ0v) is 11.6. The number of hydrogen-bond donors (Lipinski definition) is 1. The minimum atomic E-state index is -1.05. The highest BCUT2D eigenvalue weighted by molar-refractivity contribution is 5.97. The maximum Gasteiger partial charge on any atom is 0.316 e. The number of amides is 1. The van der Waals surface area contributed by atoms with Crippen LogP contribution in [0.1, 0.15) is 33.6 Å². The number of carbonyl (C=O) groups excluding carboxylic acids is 1. The van der Waals surface area contributed by atoms with Gasteiger partial charge in [-0.2, -0.15) is 0 Å². The number of rotatable bonds is 3. The number of hydrogen-bond acceptors (Lipinski definition) is 3. The summed E-state index contributed by atoms with van der Waals surface area (Å²) in [7, 11) is 1.69. The molecule has 1 amide bonds. The van der Waals surface area contributed by atoms with Crippen LogP contribution >= 0.6 is 0 Å². The standard InChI is InChI=1S/C13H23NO4/c1-13(2,3)10(12(16)17)11(15)14(4)9-5-7-18-8-6-9/h9-10H,5-8H2,1-4H3,(H,16,17). The molecule has 1 N–H and O–H groups in total. The first-order valence-electron chi connectivity index (χ1n) is 6.32. The summed E-state index contributed by atoms with van der Waals surface area (Å²) < 4.78 is 5.25. The Morgan fingerprint density at radius 3 is 2.17 bits per heavy atom. The number of carboxylic acid groups (broad SMARTS) is 1. The number of carbonyl (C=O) groups is 2. The van der Waals surface area contributed by atoms with E-state index in [1.165, 1.54) is 0 Å². The van der Waals surface area contributed by atoms with Crippen LogP contribution in [0, 0.1) is 11.3 Å². The molecule has 1 aliphatic heterocycles. The molecule has 0 aromatic heterocycles. The maximum absolute atomic E-state index is 12.3. The highest BCUT2D eigenvalue weighted by Gasteiger charge is 2.40. The van der Waals surface area contributed by atoms with Crippen molar-refractivity contribution in [3.8, 4) is 0 Å². The normalized spacial score (nSPS) is 19.3. The lowest BCUT2D eigenvalue weighted by atomic mass is 9.79. The van der Waals surface area contributed by atoms with Crippen molar-refractivity contribution in [2.24, 2.45) is 11.3 Å². The minimum absolute atomic E-state index is 0.0930. The quantitative estimate of drug-likeness (QED) is 0.775. The zero-order valence-electron chi connectivity index (χ0n) is 11.6. The summed E-state index contributed by atoms with van der Waals surface area (Å²) in [5.74, 6) is -2.35. The Bertz CT molecular complexity index is 315. The third-order valence-electron chi connectivity index (χ3n) is 3.45. The van der Waals surface area contributed by atoms with Gasteiger partial charge in [-0.1, -0.05) is 20.8 Å². The van der Waals surface area contributed by atoms with Crippen molar-refractivity contribution in [3.05, 3.63) is 0 Å². The van der Waals surface area contributed by atoms with Gasteiger partial charge in [0.1, 0.15) is 5.92 Å². The highest BCUT2D eigenvalue weighted by atomic mass is 16.5. The molecule has 1 heterocycles. The van der Waals surface area contributed by atoms with Crippen LogP contribution in [0.4, 0.5) is 0 Å². The summed E-state index contributed by atoms with van der Waals surface area (Å²) in [4.78, 5) is 25.2. The topological polar surface area (TPSA) is 66.8 Å². The van der Waals surface area contributed by atoms with Crippen LogP contribution in [0.15, 0.2) is 0 Å². The molecule has 0 bridgehead atoms. The Kier molecular flexibility index (Phi) is 4.73. The molecule has 104 valence electrons. The first kappa shape index (κ1) is 15.0. The highest BCUT2D eigenvalue weighted by Crippen LogP contribution is 2.29. The van der Waals surface area contributed by atoms with E-state index in [-0.39, 0.29) is 11.9 Å². The molecule has 0 spiro atoms. The molecule has 0 aromatic carbocycles. The molecule has 5 heteroatoms. The van der Waals surface area contributed by atoms with Gasteiger partial charge in [0, 0.05) is 26.3 Å². The minimum Gasteiger partial charge on any atom is -0.481 e. The lowest BCUT2D eigenvalue weighted by molar-refractivity contribution is -0.157. The molecule has 1 fully saturated rings. The molecule has 1 atom stereocenters. The van der Waals surface area contributed by atoms with Crippen molar-refractivity contribution in [1.29, 1.82) is 0 Å². The van der Waals surface area contributed by atoms with E-state index >= 15 is 0 Å². The summed E-state index contributed by atoms with van der Waals surface area (Å²) in [6.07, 6.45) is 1.55. The molecule has 0 saturated carbocycles. The number of aliphatic carboxylic acids is 1. The van der Waals surface area contributed by atoms with E-state index in [4.69, 9.17) is 4.74 Å². The van der Waals surface area contributed by atoms with Crippen molar-refractivity contribution in [2.75, 3.05) is 20.3 Å². The Hall–Kier alpha value is -1.10. The predicted octanol–water partition coefficient (Wildman–Crippen LogP) is 1.37. The second-order valence-corrected chi connectivity index (χ2v) is 5.93. The van der Waals surface area contributed by atoms with Crippen LogP contribution in [-0.4, -0.2) is 48.2 Å². The fraction of sp³-hybridized carbons (Fsp3) is 0.846. The average molecular weight is 257 g/mol. The molecule has 1 unspecified atom stereocenters. The lowest BCUT2D eigenvalue weighted by Gasteiger charge is -2.36. The van der Waals surface area contributed by atoms with Crippen molar-refractivity contribution in [1.82, 2.24) is 4.90 Å². The van der Waals surface area contributed by atoms with Gasteiger partial charge in [-0.05, 0) is 18.3 Å². The Labute approximate surface area is 108 Å². The number of ether oxygens (including phenoxy) is 1. The van der Waals surface area contributed by atoms with E-state index in [1.807, 2.05) is 0 Å². The molecule has 1 aliphatic rings. The van der Waals surface area contributed by atoms with Gasteiger partial charge in [0.25, 0.3) is 0 Å². The van der Waals surface area contributed by atoms with Crippen LogP contribution in [0.2, 0.25) is 0 Å². The summed E-state index contributed by atoms with van der Waals surface area (Å²) in [5, 5.41) is 9.25. The molecule has 1 rings (SSSR count). The third kappa shape index (κ3) is 3.45. The average Bonchev–Trinajstić information content (AvgIpc) is 2.26. The number of nitrogens with zero attached hydrogens (tertiary/aromatic N) is 1. The Morgan fingerprint density at radius 2 is 1.78 bits per heavy atom. The van der Waals surface area contributed by atoms with Crippen LogP contribution in [0.25, 0.3) is 0 Å². The fourth-order valence-electron chi connectivity index (χ4n) is 2.30. The molecule has 1 saturated heterocycles. The Morgan fingerprint density at radius 1 is 1.28 bits per heavy atom. The second-order valence-electron chi connectivity index (χ2n) is 5.93. The molecular formula is C13H23NO4. The second kappa shape index (κ2) is 5.69. The van der Waals surface area contributed by atoms with Gasteiger partial charge in [0.2, 0.25) is 5.91 Å². The molecule has 0 radical (unpaired) electrons. The molecular weight excluding hydrogens is 234 g/mol. The zero-order chi connectivity index (χ0) is 13.9. The van der Waals surface area contributed by atoms with Crippen molar-refractivity contribution in [3.63, 3.8) is 0 Å².